The molecule has 1 fully saturated rings. The zero-order chi connectivity index (χ0) is 15.3. The molecular weight excluding hydrogens is 264 g/mol. The maximum absolute atomic E-state index is 10.2. The van der Waals surface area contributed by atoms with Crippen molar-refractivity contribution in [3.63, 3.8) is 0 Å². The van der Waals surface area contributed by atoms with Crippen LogP contribution in [0, 0.1) is 0 Å². The molecule has 2 atom stereocenters. The average molecular weight is 292 g/mol. The molecule has 0 saturated carbocycles. The second-order valence-electron chi connectivity index (χ2n) is 6.56. The Hall–Kier alpha value is -1.10. The number of aliphatic hydroxyl groups excluding tert-OH is 1. The predicted octanol–water partition coefficient (Wildman–Crippen LogP) is 1.72. The number of hydrogen-bond acceptors (Lipinski definition) is 4. The number of aliphatic hydroxyl groups is 1. The summed E-state index contributed by atoms with van der Waals surface area (Å²) in [5.41, 5.74) is 1.22. The molecule has 1 aliphatic rings. The summed E-state index contributed by atoms with van der Waals surface area (Å²) in [5, 5.41) is 17.0. The first-order valence-corrected chi connectivity index (χ1v) is 7.79. The van der Waals surface area contributed by atoms with Crippen molar-refractivity contribution in [1.29, 1.82) is 0 Å². The molecule has 21 heavy (non-hydrogen) atoms. The lowest BCUT2D eigenvalue weighted by Gasteiger charge is -2.29. The van der Waals surface area contributed by atoms with Crippen LogP contribution in [0.1, 0.15) is 32.3 Å². The standard InChI is InChI=1S/C17H28N2O2/c1-17(2,11-13-6-8-14(21-3)9-7-13)19-12-16(20)15-5-4-10-18-15/h6-9,15-16,18-20H,4-5,10-12H2,1-3H3/t15-,16+/m1/s1. The van der Waals surface area contributed by atoms with Gasteiger partial charge in [-0.2, -0.15) is 0 Å². The summed E-state index contributed by atoms with van der Waals surface area (Å²) < 4.78 is 5.18. The number of rotatable bonds is 7. The Bertz CT molecular complexity index is 425. The van der Waals surface area contributed by atoms with E-state index in [4.69, 9.17) is 4.74 Å². The summed E-state index contributed by atoms with van der Waals surface area (Å²) in [5.74, 6) is 0.882. The van der Waals surface area contributed by atoms with Gasteiger partial charge in [0, 0.05) is 18.1 Å². The van der Waals surface area contributed by atoms with E-state index >= 15 is 0 Å². The van der Waals surface area contributed by atoms with Gasteiger partial charge in [0.05, 0.1) is 13.2 Å². The Balaban J connectivity index is 1.82. The van der Waals surface area contributed by atoms with Crippen molar-refractivity contribution in [2.75, 3.05) is 20.2 Å². The fourth-order valence-corrected chi connectivity index (χ4v) is 2.88. The highest BCUT2D eigenvalue weighted by atomic mass is 16.5. The van der Waals surface area contributed by atoms with E-state index in [2.05, 4.69) is 36.6 Å². The molecule has 118 valence electrons. The molecule has 0 amide bonds. The monoisotopic (exact) mass is 292 g/mol. The van der Waals surface area contributed by atoms with Crippen molar-refractivity contribution < 1.29 is 9.84 Å². The van der Waals surface area contributed by atoms with Crippen LogP contribution in [0.15, 0.2) is 24.3 Å². The number of β-amino-alcohol motifs (C(OH)–C–C–N with tert-alkyl or cyclic N) is 1. The fraction of sp³-hybridized carbons (Fsp3) is 0.647. The van der Waals surface area contributed by atoms with Crippen molar-refractivity contribution in [2.24, 2.45) is 0 Å². The molecule has 0 bridgehead atoms. The minimum absolute atomic E-state index is 0.0474. The molecule has 0 unspecified atom stereocenters. The van der Waals surface area contributed by atoms with Crippen molar-refractivity contribution in [3.8, 4) is 5.75 Å². The minimum Gasteiger partial charge on any atom is -0.497 e. The van der Waals surface area contributed by atoms with Crippen molar-refractivity contribution in [1.82, 2.24) is 10.6 Å². The zero-order valence-electron chi connectivity index (χ0n) is 13.4. The van der Waals surface area contributed by atoms with E-state index in [0.29, 0.717) is 6.54 Å². The van der Waals surface area contributed by atoms with Gasteiger partial charge in [-0.25, -0.2) is 0 Å². The summed E-state index contributed by atoms with van der Waals surface area (Å²) in [6, 6.07) is 8.41. The van der Waals surface area contributed by atoms with Gasteiger partial charge in [0.1, 0.15) is 5.75 Å². The number of methoxy groups -OCH3 is 1. The zero-order valence-corrected chi connectivity index (χ0v) is 13.4. The van der Waals surface area contributed by atoms with Gasteiger partial charge in [-0.1, -0.05) is 12.1 Å². The molecule has 4 nitrogen and oxygen atoms in total. The van der Waals surface area contributed by atoms with Gasteiger partial charge >= 0.3 is 0 Å². The Morgan fingerprint density at radius 3 is 2.67 bits per heavy atom. The van der Waals surface area contributed by atoms with Gasteiger partial charge in [-0.3, -0.25) is 0 Å². The second kappa shape index (κ2) is 7.25. The molecule has 0 spiro atoms. The van der Waals surface area contributed by atoms with Gasteiger partial charge in [0.2, 0.25) is 0 Å². The fourth-order valence-electron chi connectivity index (χ4n) is 2.88. The van der Waals surface area contributed by atoms with Crippen LogP contribution < -0.4 is 15.4 Å². The molecule has 1 heterocycles. The number of nitrogens with one attached hydrogen (secondary N) is 2. The second-order valence-corrected chi connectivity index (χ2v) is 6.56. The van der Waals surface area contributed by atoms with Gasteiger partial charge in [0.25, 0.3) is 0 Å². The summed E-state index contributed by atoms with van der Waals surface area (Å²) in [7, 11) is 1.68. The SMILES string of the molecule is COc1ccc(CC(C)(C)NC[C@H](O)[C@H]2CCCN2)cc1. The molecule has 1 aromatic carbocycles. The lowest BCUT2D eigenvalue weighted by molar-refractivity contribution is 0.123. The predicted molar refractivity (Wildman–Crippen MR) is 85.8 cm³/mol. The van der Waals surface area contributed by atoms with Crippen LogP contribution in [0.25, 0.3) is 0 Å². The van der Waals surface area contributed by atoms with Crippen LogP contribution in [0.5, 0.6) is 5.75 Å². The topological polar surface area (TPSA) is 53.5 Å². The summed E-state index contributed by atoms with van der Waals surface area (Å²) in [4.78, 5) is 0. The van der Waals surface area contributed by atoms with Gasteiger partial charge in [0.15, 0.2) is 0 Å². The Morgan fingerprint density at radius 2 is 2.10 bits per heavy atom. The normalized spacial score (nSPS) is 20.5. The highest BCUT2D eigenvalue weighted by molar-refractivity contribution is 5.28. The maximum Gasteiger partial charge on any atom is 0.118 e. The molecule has 1 aliphatic heterocycles. The van der Waals surface area contributed by atoms with Gasteiger partial charge < -0.3 is 20.5 Å². The molecule has 1 saturated heterocycles. The number of benzene rings is 1. The lowest BCUT2D eigenvalue weighted by Crippen LogP contribution is -2.49. The molecular formula is C17H28N2O2. The molecule has 3 N–H and O–H groups in total. The van der Waals surface area contributed by atoms with Gasteiger partial charge in [-0.05, 0) is 57.4 Å². The average Bonchev–Trinajstić information content (AvgIpc) is 2.99. The quantitative estimate of drug-likeness (QED) is 0.716. The summed E-state index contributed by atoms with van der Waals surface area (Å²) in [6.45, 7) is 6.00. The smallest absolute Gasteiger partial charge is 0.118 e. The highest BCUT2D eigenvalue weighted by Crippen LogP contribution is 2.17. The van der Waals surface area contributed by atoms with E-state index in [1.807, 2.05) is 12.1 Å². The summed E-state index contributed by atoms with van der Waals surface area (Å²) >= 11 is 0. The van der Waals surface area contributed by atoms with E-state index in [1.54, 1.807) is 7.11 Å². The van der Waals surface area contributed by atoms with Crippen molar-refractivity contribution >= 4 is 0 Å². The lowest BCUT2D eigenvalue weighted by atomic mass is 9.94. The highest BCUT2D eigenvalue weighted by Gasteiger charge is 2.25. The van der Waals surface area contributed by atoms with E-state index < -0.39 is 0 Å². The number of hydrogen-bond donors (Lipinski definition) is 3. The Morgan fingerprint density at radius 1 is 1.38 bits per heavy atom. The van der Waals surface area contributed by atoms with Crippen molar-refractivity contribution in [2.45, 2.75) is 50.8 Å². The molecule has 0 radical (unpaired) electrons. The largest absolute Gasteiger partial charge is 0.497 e. The third-order valence-corrected chi connectivity index (χ3v) is 4.16. The van der Waals surface area contributed by atoms with Crippen LogP contribution in [0.4, 0.5) is 0 Å². The molecule has 1 aromatic rings. The first-order chi connectivity index (χ1) is 10.00. The van der Waals surface area contributed by atoms with E-state index in [0.717, 1.165) is 31.6 Å². The van der Waals surface area contributed by atoms with E-state index in [-0.39, 0.29) is 17.7 Å². The third-order valence-electron chi connectivity index (χ3n) is 4.16. The van der Waals surface area contributed by atoms with Crippen LogP contribution in [0.2, 0.25) is 0 Å². The molecule has 0 aromatic heterocycles. The van der Waals surface area contributed by atoms with Crippen LogP contribution in [0.3, 0.4) is 0 Å². The summed E-state index contributed by atoms with van der Waals surface area (Å²) in [6.07, 6.45) is 2.84. The van der Waals surface area contributed by atoms with E-state index in [9.17, 15) is 5.11 Å². The van der Waals surface area contributed by atoms with Crippen LogP contribution in [-0.4, -0.2) is 43.0 Å². The maximum atomic E-state index is 10.2. The van der Waals surface area contributed by atoms with Crippen LogP contribution in [-0.2, 0) is 6.42 Å². The molecule has 2 rings (SSSR count). The third kappa shape index (κ3) is 4.99. The van der Waals surface area contributed by atoms with Crippen molar-refractivity contribution in [3.05, 3.63) is 29.8 Å². The first-order valence-electron chi connectivity index (χ1n) is 7.79. The minimum atomic E-state index is -0.317. The van der Waals surface area contributed by atoms with E-state index in [1.165, 1.54) is 5.56 Å². The van der Waals surface area contributed by atoms with Gasteiger partial charge in [-0.15, -0.1) is 0 Å². The molecule has 4 heteroatoms. The molecule has 0 aliphatic carbocycles. The Labute approximate surface area is 127 Å². The van der Waals surface area contributed by atoms with Crippen LogP contribution >= 0.6 is 0 Å². The first kappa shape index (κ1) is 16.3. The Kier molecular flexibility index (Phi) is 5.62. The number of ether oxygens (including phenoxy) is 1.